The minimum atomic E-state index is 0.296. The lowest BCUT2D eigenvalue weighted by Crippen LogP contribution is -2.29. The molecule has 5 heteroatoms. The van der Waals surface area contributed by atoms with Crippen LogP contribution in [0.25, 0.3) is 0 Å². The summed E-state index contributed by atoms with van der Waals surface area (Å²) in [4.78, 5) is 4.71. The lowest BCUT2D eigenvalue weighted by Gasteiger charge is -2.37. The molecule has 1 aliphatic carbocycles. The van der Waals surface area contributed by atoms with Crippen LogP contribution in [0.1, 0.15) is 47.6 Å². The maximum atomic E-state index is 5.72. The summed E-state index contributed by atoms with van der Waals surface area (Å²) < 4.78 is 12.2. The zero-order valence-electron chi connectivity index (χ0n) is 19.7. The molecule has 3 aromatic rings. The molecule has 0 fully saturated rings. The lowest BCUT2D eigenvalue weighted by molar-refractivity contribution is 0.308. The van der Waals surface area contributed by atoms with Gasteiger partial charge in [0.2, 0.25) is 0 Å². The molecule has 0 bridgehead atoms. The molecule has 2 aliphatic rings. The van der Waals surface area contributed by atoms with Gasteiger partial charge in [0.15, 0.2) is 11.5 Å². The number of anilines is 1. The number of hydrogen-bond acceptors (Lipinski definition) is 4. The zero-order valence-corrected chi connectivity index (χ0v) is 21.9. The normalized spacial score (nSPS) is 20.6. The van der Waals surface area contributed by atoms with Gasteiger partial charge in [0.05, 0.1) is 29.0 Å². The fourth-order valence-corrected chi connectivity index (χ4v) is 5.84. The van der Waals surface area contributed by atoms with Crippen LogP contribution in [0.5, 0.6) is 11.5 Å². The second-order valence-corrected chi connectivity index (χ2v) is 10.0. The number of aryl methyl sites for hydroxylation is 1. The number of fused-ring (bicyclic) bond motifs is 3. The topological polar surface area (TPSA) is 42.8 Å². The van der Waals surface area contributed by atoms with Crippen molar-refractivity contribution in [1.82, 2.24) is 0 Å². The van der Waals surface area contributed by atoms with Gasteiger partial charge < -0.3 is 14.8 Å². The molecule has 1 N–H and O–H groups in total. The van der Waals surface area contributed by atoms with E-state index in [4.69, 9.17) is 14.5 Å². The first-order valence-electron chi connectivity index (χ1n) is 11.8. The summed E-state index contributed by atoms with van der Waals surface area (Å²) in [6, 6.07) is 19.7. The standard InChI is InChI=1S/C29H29IN2O2/c1-4-34-29-25(30)15-19(16-27(29)33-3)17-31-21-11-9-20(10-12-21)28-23-7-5-6-22(23)24-14-18(2)8-13-26(24)32-28/h5-6,8-17,22-23,28,32H,4,7H2,1-3H3/t22-,23-,28+/m1/s1. The molecular weight excluding hydrogens is 535 g/mol. The van der Waals surface area contributed by atoms with E-state index in [0.717, 1.165) is 32.7 Å². The van der Waals surface area contributed by atoms with Crippen molar-refractivity contribution in [2.75, 3.05) is 19.0 Å². The summed E-state index contributed by atoms with van der Waals surface area (Å²) in [5.74, 6) is 2.53. The minimum absolute atomic E-state index is 0.296. The van der Waals surface area contributed by atoms with Crippen LogP contribution >= 0.6 is 22.6 Å². The Bertz CT molecular complexity index is 1250. The molecule has 1 aliphatic heterocycles. The average molecular weight is 564 g/mol. The maximum absolute atomic E-state index is 5.72. The van der Waals surface area contributed by atoms with Crippen molar-refractivity contribution in [3.05, 3.63) is 92.6 Å². The van der Waals surface area contributed by atoms with Crippen LogP contribution < -0.4 is 14.8 Å². The largest absolute Gasteiger partial charge is 0.493 e. The van der Waals surface area contributed by atoms with E-state index >= 15 is 0 Å². The van der Waals surface area contributed by atoms with Gasteiger partial charge in [-0.05, 0) is 95.8 Å². The van der Waals surface area contributed by atoms with Crippen LogP contribution in [0.4, 0.5) is 11.4 Å². The molecule has 0 aromatic heterocycles. The molecule has 0 amide bonds. The first-order chi connectivity index (χ1) is 16.6. The number of aliphatic imine (C=N–C) groups is 1. The Balaban J connectivity index is 1.36. The van der Waals surface area contributed by atoms with E-state index in [2.05, 4.69) is 95.5 Å². The average Bonchev–Trinajstić information content (AvgIpc) is 3.34. The van der Waals surface area contributed by atoms with Crippen molar-refractivity contribution in [3.63, 3.8) is 0 Å². The smallest absolute Gasteiger partial charge is 0.174 e. The number of nitrogens with one attached hydrogen (secondary N) is 1. The van der Waals surface area contributed by atoms with Gasteiger partial charge in [-0.3, -0.25) is 4.99 Å². The van der Waals surface area contributed by atoms with Crippen LogP contribution in [-0.4, -0.2) is 19.9 Å². The number of allylic oxidation sites excluding steroid dienone is 2. The minimum Gasteiger partial charge on any atom is -0.493 e. The summed E-state index contributed by atoms with van der Waals surface area (Å²) in [6.45, 7) is 4.74. The fraction of sp³-hybridized carbons (Fsp3) is 0.276. The van der Waals surface area contributed by atoms with Crippen molar-refractivity contribution in [3.8, 4) is 11.5 Å². The number of nitrogens with zero attached hydrogens (tertiary/aromatic N) is 1. The molecule has 4 nitrogen and oxygen atoms in total. The van der Waals surface area contributed by atoms with E-state index in [9.17, 15) is 0 Å². The van der Waals surface area contributed by atoms with Crippen LogP contribution in [-0.2, 0) is 0 Å². The highest BCUT2D eigenvalue weighted by Gasteiger charge is 2.37. The zero-order chi connectivity index (χ0) is 23.7. The third-order valence-corrected chi connectivity index (χ3v) is 7.47. The number of benzene rings is 3. The second-order valence-electron chi connectivity index (χ2n) is 8.88. The highest BCUT2D eigenvalue weighted by molar-refractivity contribution is 14.1. The van der Waals surface area contributed by atoms with E-state index in [-0.39, 0.29) is 0 Å². The van der Waals surface area contributed by atoms with Crippen LogP contribution in [0, 0.1) is 16.4 Å². The first kappa shape index (κ1) is 23.0. The van der Waals surface area contributed by atoms with Crippen LogP contribution in [0.3, 0.4) is 0 Å². The van der Waals surface area contributed by atoms with Crippen molar-refractivity contribution >= 4 is 40.2 Å². The summed E-state index contributed by atoms with van der Waals surface area (Å²) in [5.41, 5.74) is 7.22. The molecule has 0 unspecified atom stereocenters. The second kappa shape index (κ2) is 9.82. The Morgan fingerprint density at radius 2 is 1.94 bits per heavy atom. The van der Waals surface area contributed by atoms with Gasteiger partial charge in [-0.1, -0.05) is 42.0 Å². The molecule has 0 spiro atoms. The first-order valence-corrected chi connectivity index (χ1v) is 12.8. The number of hydrogen-bond donors (Lipinski definition) is 1. The van der Waals surface area contributed by atoms with Gasteiger partial charge >= 0.3 is 0 Å². The Morgan fingerprint density at radius 3 is 2.71 bits per heavy atom. The van der Waals surface area contributed by atoms with Gasteiger partial charge in [0.25, 0.3) is 0 Å². The predicted octanol–water partition coefficient (Wildman–Crippen LogP) is 7.58. The molecular formula is C29H29IN2O2. The summed E-state index contributed by atoms with van der Waals surface area (Å²) in [7, 11) is 1.66. The lowest BCUT2D eigenvalue weighted by atomic mass is 9.76. The summed E-state index contributed by atoms with van der Waals surface area (Å²) in [6.07, 6.45) is 7.71. The van der Waals surface area contributed by atoms with Crippen molar-refractivity contribution < 1.29 is 9.47 Å². The van der Waals surface area contributed by atoms with E-state index in [1.54, 1.807) is 7.11 Å². The quantitative estimate of drug-likeness (QED) is 0.191. The number of rotatable bonds is 6. The molecule has 1 heterocycles. The van der Waals surface area contributed by atoms with Gasteiger partial charge in [0.1, 0.15) is 0 Å². The highest BCUT2D eigenvalue weighted by atomic mass is 127. The Hall–Kier alpha value is -2.80. The number of methoxy groups -OCH3 is 1. The Morgan fingerprint density at radius 1 is 1.12 bits per heavy atom. The summed E-state index contributed by atoms with van der Waals surface area (Å²) >= 11 is 2.28. The van der Waals surface area contributed by atoms with Crippen LogP contribution in [0.2, 0.25) is 0 Å². The van der Waals surface area contributed by atoms with E-state index in [1.165, 1.54) is 22.4 Å². The van der Waals surface area contributed by atoms with Crippen molar-refractivity contribution in [1.29, 1.82) is 0 Å². The SMILES string of the molecule is CCOc1c(I)cc(C=Nc2ccc([C@@H]3Nc4ccc(C)cc4[C@@H]4C=CC[C@H]43)cc2)cc1OC. The van der Waals surface area contributed by atoms with Crippen molar-refractivity contribution in [2.45, 2.75) is 32.2 Å². The predicted molar refractivity (Wildman–Crippen MR) is 148 cm³/mol. The molecule has 3 aromatic carbocycles. The van der Waals surface area contributed by atoms with Crippen LogP contribution in [0.15, 0.2) is 71.7 Å². The Labute approximate surface area is 215 Å². The van der Waals surface area contributed by atoms with Gasteiger partial charge in [-0.2, -0.15) is 0 Å². The van der Waals surface area contributed by atoms with Gasteiger partial charge in [-0.25, -0.2) is 0 Å². The molecule has 174 valence electrons. The molecule has 34 heavy (non-hydrogen) atoms. The molecule has 0 saturated carbocycles. The van der Waals surface area contributed by atoms with E-state index in [1.807, 2.05) is 19.2 Å². The van der Waals surface area contributed by atoms with Crippen molar-refractivity contribution in [2.24, 2.45) is 10.9 Å². The number of ether oxygens (including phenoxy) is 2. The highest BCUT2D eigenvalue weighted by Crippen LogP contribution is 2.50. The third-order valence-electron chi connectivity index (χ3n) is 6.67. The van der Waals surface area contributed by atoms with E-state index < -0.39 is 0 Å². The molecule has 3 atom stereocenters. The Kier molecular flexibility index (Phi) is 6.63. The van der Waals surface area contributed by atoms with Gasteiger partial charge in [-0.15, -0.1) is 0 Å². The fourth-order valence-electron chi connectivity index (χ4n) is 5.06. The monoisotopic (exact) mass is 564 g/mol. The molecule has 0 saturated heterocycles. The maximum Gasteiger partial charge on any atom is 0.174 e. The number of halogens is 1. The third kappa shape index (κ3) is 4.45. The van der Waals surface area contributed by atoms with E-state index in [0.29, 0.717) is 24.5 Å². The molecule has 5 rings (SSSR count). The summed E-state index contributed by atoms with van der Waals surface area (Å²) in [5, 5.41) is 3.82. The molecule has 0 radical (unpaired) electrons. The van der Waals surface area contributed by atoms with Gasteiger partial charge in [0, 0.05) is 17.8 Å².